The molecule has 0 spiro atoms. The van der Waals surface area contributed by atoms with E-state index in [0.717, 1.165) is 5.00 Å². The van der Waals surface area contributed by atoms with E-state index in [1.807, 2.05) is 6.92 Å². The van der Waals surface area contributed by atoms with E-state index in [-0.39, 0.29) is 6.04 Å². The molecule has 0 radical (unpaired) electrons. The van der Waals surface area contributed by atoms with Crippen LogP contribution >= 0.6 is 11.3 Å². The first-order valence-electron chi connectivity index (χ1n) is 4.49. The average Bonchev–Trinajstić information content (AvgIpc) is 2.47. The summed E-state index contributed by atoms with van der Waals surface area (Å²) in [4.78, 5) is 11.3. The summed E-state index contributed by atoms with van der Waals surface area (Å²) in [5, 5.41) is 3.99. The van der Waals surface area contributed by atoms with Crippen LogP contribution in [0.3, 0.4) is 0 Å². The summed E-state index contributed by atoms with van der Waals surface area (Å²) >= 11 is 1.26. The Balaban J connectivity index is 2.71. The monoisotopic (exact) mass is 229 g/mol. The van der Waals surface area contributed by atoms with E-state index >= 15 is 0 Å². The number of methoxy groups -OCH3 is 1. The van der Waals surface area contributed by atoms with Crippen LogP contribution in [0.2, 0.25) is 0 Å². The van der Waals surface area contributed by atoms with Gasteiger partial charge in [0.1, 0.15) is 4.88 Å². The number of nitrogens with two attached hydrogens (primary N) is 2. The van der Waals surface area contributed by atoms with Crippen LogP contribution in [0.4, 0.5) is 10.7 Å². The van der Waals surface area contributed by atoms with Crippen LogP contribution in [0.15, 0.2) is 6.07 Å². The van der Waals surface area contributed by atoms with Crippen molar-refractivity contribution in [3.05, 3.63) is 10.9 Å². The maximum Gasteiger partial charge on any atom is 0.260 e. The fraction of sp³-hybridized carbons (Fsp3) is 0.444. The Morgan fingerprint density at radius 1 is 1.73 bits per heavy atom. The van der Waals surface area contributed by atoms with Crippen molar-refractivity contribution in [2.75, 3.05) is 24.8 Å². The molecule has 1 amide bonds. The molecule has 1 atom stereocenters. The topological polar surface area (TPSA) is 90.4 Å². The van der Waals surface area contributed by atoms with Crippen molar-refractivity contribution in [3.63, 3.8) is 0 Å². The largest absolute Gasteiger partial charge is 0.397 e. The third kappa shape index (κ3) is 3.10. The van der Waals surface area contributed by atoms with Crippen LogP contribution in [-0.2, 0) is 4.74 Å². The number of ether oxygens (including phenoxy) is 1. The Bertz CT molecular complexity index is 351. The van der Waals surface area contributed by atoms with E-state index < -0.39 is 5.91 Å². The number of carbonyl (C=O) groups is 1. The number of nitrogen functional groups attached to an aromatic ring is 1. The second kappa shape index (κ2) is 4.99. The summed E-state index contributed by atoms with van der Waals surface area (Å²) in [6.45, 7) is 2.56. The number of amides is 1. The smallest absolute Gasteiger partial charge is 0.260 e. The van der Waals surface area contributed by atoms with Gasteiger partial charge in [0.15, 0.2) is 0 Å². The molecule has 0 bridgehead atoms. The van der Waals surface area contributed by atoms with Gasteiger partial charge in [-0.05, 0) is 13.0 Å². The molecule has 0 fully saturated rings. The lowest BCUT2D eigenvalue weighted by Gasteiger charge is -2.11. The number of nitrogens with one attached hydrogen (secondary N) is 1. The van der Waals surface area contributed by atoms with Gasteiger partial charge < -0.3 is 21.5 Å². The van der Waals surface area contributed by atoms with Crippen molar-refractivity contribution >= 4 is 27.9 Å². The minimum absolute atomic E-state index is 0.161. The first-order valence-corrected chi connectivity index (χ1v) is 5.30. The van der Waals surface area contributed by atoms with Gasteiger partial charge in [-0.25, -0.2) is 0 Å². The van der Waals surface area contributed by atoms with Gasteiger partial charge in [-0.15, -0.1) is 11.3 Å². The van der Waals surface area contributed by atoms with E-state index in [1.165, 1.54) is 11.3 Å². The highest BCUT2D eigenvalue weighted by atomic mass is 32.1. The normalized spacial score (nSPS) is 12.4. The van der Waals surface area contributed by atoms with Gasteiger partial charge in [0.25, 0.3) is 5.91 Å². The highest BCUT2D eigenvalue weighted by molar-refractivity contribution is 7.18. The van der Waals surface area contributed by atoms with E-state index in [1.54, 1.807) is 13.2 Å². The zero-order valence-corrected chi connectivity index (χ0v) is 9.56. The first-order chi connectivity index (χ1) is 7.04. The number of anilines is 2. The molecule has 6 heteroatoms. The van der Waals surface area contributed by atoms with Gasteiger partial charge in [0.2, 0.25) is 0 Å². The van der Waals surface area contributed by atoms with Crippen LogP contribution < -0.4 is 16.8 Å². The molecule has 0 saturated heterocycles. The highest BCUT2D eigenvalue weighted by Crippen LogP contribution is 2.29. The van der Waals surface area contributed by atoms with Gasteiger partial charge in [-0.3, -0.25) is 4.79 Å². The molecular formula is C9H15N3O2S. The van der Waals surface area contributed by atoms with Gasteiger partial charge >= 0.3 is 0 Å². The lowest BCUT2D eigenvalue weighted by atomic mass is 10.3. The molecular weight excluding hydrogens is 214 g/mol. The van der Waals surface area contributed by atoms with Crippen LogP contribution in [0.1, 0.15) is 16.6 Å². The Morgan fingerprint density at radius 3 is 2.87 bits per heavy atom. The maximum absolute atomic E-state index is 10.9. The number of rotatable bonds is 5. The molecule has 5 N–H and O–H groups in total. The Kier molecular flexibility index (Phi) is 3.93. The predicted molar refractivity (Wildman–Crippen MR) is 62.2 cm³/mol. The molecule has 0 saturated carbocycles. The standard InChI is InChI=1S/C9H15N3O2S/c1-5(4-14-2)12-7-3-6(10)8(15-7)9(11)13/h3,5,12H,4,10H2,1-2H3,(H2,11,13). The molecule has 5 nitrogen and oxygen atoms in total. The Hall–Kier alpha value is -1.27. The fourth-order valence-electron chi connectivity index (χ4n) is 1.20. The third-order valence-corrected chi connectivity index (χ3v) is 2.89. The van der Waals surface area contributed by atoms with Crippen molar-refractivity contribution < 1.29 is 9.53 Å². The number of primary amides is 1. The van der Waals surface area contributed by atoms with Gasteiger partial charge in [0.05, 0.1) is 17.3 Å². The molecule has 0 aliphatic rings. The third-order valence-electron chi connectivity index (χ3n) is 1.79. The zero-order valence-electron chi connectivity index (χ0n) is 8.74. The lowest BCUT2D eigenvalue weighted by Crippen LogP contribution is -2.19. The number of carbonyl (C=O) groups excluding carboxylic acids is 1. The van der Waals surface area contributed by atoms with Crippen molar-refractivity contribution in [3.8, 4) is 0 Å². The molecule has 0 aliphatic carbocycles. The van der Waals surface area contributed by atoms with Gasteiger partial charge in [0, 0.05) is 13.2 Å². The van der Waals surface area contributed by atoms with Crippen molar-refractivity contribution in [2.24, 2.45) is 5.73 Å². The Morgan fingerprint density at radius 2 is 2.40 bits per heavy atom. The van der Waals surface area contributed by atoms with Crippen molar-refractivity contribution in [1.29, 1.82) is 0 Å². The molecule has 1 aromatic rings. The second-order valence-corrected chi connectivity index (χ2v) is 4.31. The fourth-order valence-corrected chi connectivity index (χ4v) is 2.15. The summed E-state index contributed by atoms with van der Waals surface area (Å²) < 4.78 is 4.98. The van der Waals surface area contributed by atoms with Gasteiger partial charge in [-0.2, -0.15) is 0 Å². The molecule has 15 heavy (non-hydrogen) atoms. The quantitative estimate of drug-likeness (QED) is 0.699. The number of thiophene rings is 1. The zero-order chi connectivity index (χ0) is 11.4. The second-order valence-electron chi connectivity index (χ2n) is 3.26. The van der Waals surface area contributed by atoms with Crippen molar-refractivity contribution in [1.82, 2.24) is 0 Å². The van der Waals surface area contributed by atoms with E-state index in [0.29, 0.717) is 17.2 Å². The van der Waals surface area contributed by atoms with E-state index in [4.69, 9.17) is 16.2 Å². The molecule has 1 rings (SSSR count). The van der Waals surface area contributed by atoms with Crippen LogP contribution in [0, 0.1) is 0 Å². The van der Waals surface area contributed by atoms with Crippen LogP contribution in [0.25, 0.3) is 0 Å². The summed E-state index contributed by atoms with van der Waals surface area (Å²) in [6.07, 6.45) is 0. The molecule has 1 heterocycles. The van der Waals surface area contributed by atoms with E-state index in [2.05, 4.69) is 5.32 Å². The maximum atomic E-state index is 10.9. The molecule has 0 aromatic carbocycles. The van der Waals surface area contributed by atoms with Crippen LogP contribution in [0.5, 0.6) is 0 Å². The molecule has 1 aromatic heterocycles. The lowest BCUT2D eigenvalue weighted by molar-refractivity contribution is 0.100. The summed E-state index contributed by atoms with van der Waals surface area (Å²) in [5.41, 5.74) is 11.2. The number of hydrogen-bond acceptors (Lipinski definition) is 5. The average molecular weight is 229 g/mol. The summed E-state index contributed by atoms with van der Waals surface area (Å²) in [7, 11) is 1.63. The Labute approximate surface area is 92.4 Å². The van der Waals surface area contributed by atoms with E-state index in [9.17, 15) is 4.79 Å². The van der Waals surface area contributed by atoms with Crippen LogP contribution in [-0.4, -0.2) is 25.7 Å². The minimum Gasteiger partial charge on any atom is -0.397 e. The van der Waals surface area contributed by atoms with Gasteiger partial charge in [-0.1, -0.05) is 0 Å². The summed E-state index contributed by atoms with van der Waals surface area (Å²) in [5.74, 6) is -0.495. The SMILES string of the molecule is COCC(C)Nc1cc(N)c(C(N)=O)s1. The summed E-state index contributed by atoms with van der Waals surface area (Å²) in [6, 6.07) is 1.87. The molecule has 1 unspecified atom stereocenters. The predicted octanol–water partition coefficient (Wildman–Crippen LogP) is 0.876. The molecule has 0 aliphatic heterocycles. The number of hydrogen-bond donors (Lipinski definition) is 3. The highest BCUT2D eigenvalue weighted by Gasteiger charge is 2.12. The minimum atomic E-state index is -0.495. The first kappa shape index (κ1) is 11.8. The van der Waals surface area contributed by atoms with Crippen molar-refractivity contribution in [2.45, 2.75) is 13.0 Å². The molecule has 84 valence electrons.